The van der Waals surface area contributed by atoms with Crippen LogP contribution < -0.4 is 0 Å². The van der Waals surface area contributed by atoms with Crippen molar-refractivity contribution >= 4 is 6.09 Å². The smallest absolute Gasteiger partial charge is 0.410 e. The lowest BCUT2D eigenvalue weighted by Crippen LogP contribution is -2.64. The molecule has 1 amide bonds. The van der Waals surface area contributed by atoms with Crippen LogP contribution in [-0.4, -0.2) is 47.7 Å². The van der Waals surface area contributed by atoms with Crippen LogP contribution in [0.2, 0.25) is 0 Å². The van der Waals surface area contributed by atoms with E-state index in [1.807, 2.05) is 25.7 Å². The highest BCUT2D eigenvalue weighted by molar-refractivity contribution is 5.68. The summed E-state index contributed by atoms with van der Waals surface area (Å²) >= 11 is 0. The fourth-order valence-electron chi connectivity index (χ4n) is 4.83. The minimum absolute atomic E-state index is 0.169. The summed E-state index contributed by atoms with van der Waals surface area (Å²) in [6, 6.07) is 21.8. The van der Waals surface area contributed by atoms with E-state index < -0.39 is 5.60 Å². The maximum absolute atomic E-state index is 12.6. The van der Waals surface area contributed by atoms with Gasteiger partial charge in [-0.25, -0.2) is 4.79 Å². The van der Waals surface area contributed by atoms with Crippen LogP contribution in [0.3, 0.4) is 0 Å². The highest BCUT2D eigenvalue weighted by Gasteiger charge is 2.49. The molecular formula is C25H32N2O2. The predicted molar refractivity (Wildman–Crippen MR) is 116 cm³/mol. The lowest BCUT2D eigenvalue weighted by atomic mass is 9.72. The van der Waals surface area contributed by atoms with Crippen molar-refractivity contribution in [2.45, 2.75) is 45.3 Å². The van der Waals surface area contributed by atoms with Crippen molar-refractivity contribution < 1.29 is 9.53 Å². The van der Waals surface area contributed by atoms with E-state index in [4.69, 9.17) is 4.74 Å². The van der Waals surface area contributed by atoms with E-state index in [9.17, 15) is 4.79 Å². The quantitative estimate of drug-likeness (QED) is 0.728. The van der Waals surface area contributed by atoms with Gasteiger partial charge in [0.2, 0.25) is 0 Å². The maximum Gasteiger partial charge on any atom is 0.410 e. The Labute approximate surface area is 174 Å². The van der Waals surface area contributed by atoms with E-state index in [-0.39, 0.29) is 17.6 Å². The first-order valence-corrected chi connectivity index (χ1v) is 10.7. The Morgan fingerprint density at radius 2 is 1.48 bits per heavy atom. The summed E-state index contributed by atoms with van der Waals surface area (Å²) < 4.78 is 5.63. The molecule has 0 bridgehead atoms. The van der Waals surface area contributed by atoms with Gasteiger partial charge in [-0.1, -0.05) is 60.7 Å². The number of ether oxygens (including phenoxy) is 1. The van der Waals surface area contributed by atoms with Crippen LogP contribution in [0.25, 0.3) is 0 Å². The molecule has 2 aromatic carbocycles. The highest BCUT2D eigenvalue weighted by atomic mass is 16.6. The van der Waals surface area contributed by atoms with Crippen LogP contribution in [0.15, 0.2) is 60.7 Å². The number of benzene rings is 2. The Hall–Kier alpha value is -2.33. The van der Waals surface area contributed by atoms with Gasteiger partial charge in [-0.2, -0.15) is 0 Å². The largest absolute Gasteiger partial charge is 0.444 e. The van der Waals surface area contributed by atoms with Gasteiger partial charge in [-0.15, -0.1) is 0 Å². The summed E-state index contributed by atoms with van der Waals surface area (Å²) in [7, 11) is 0. The Morgan fingerprint density at radius 3 is 2.00 bits per heavy atom. The van der Waals surface area contributed by atoms with Gasteiger partial charge < -0.3 is 9.64 Å². The van der Waals surface area contributed by atoms with Crippen molar-refractivity contribution in [2.75, 3.05) is 26.2 Å². The molecule has 0 unspecified atom stereocenters. The second kappa shape index (κ2) is 7.83. The average molecular weight is 393 g/mol. The second-order valence-electron chi connectivity index (χ2n) is 9.63. The van der Waals surface area contributed by atoms with Crippen LogP contribution >= 0.6 is 0 Å². The molecule has 2 aliphatic heterocycles. The second-order valence-corrected chi connectivity index (χ2v) is 9.63. The topological polar surface area (TPSA) is 32.8 Å². The van der Waals surface area contributed by atoms with Crippen LogP contribution in [-0.2, 0) is 4.74 Å². The first-order valence-electron chi connectivity index (χ1n) is 10.7. The molecule has 4 heteroatoms. The molecule has 29 heavy (non-hydrogen) atoms. The van der Waals surface area contributed by atoms with Gasteiger partial charge in [0.1, 0.15) is 5.60 Å². The SMILES string of the molecule is CC(C)(C)OC(=O)N1CCCC2(C1)CN(C(c1ccccc1)c1ccccc1)C2. The molecular weight excluding hydrogens is 360 g/mol. The van der Waals surface area contributed by atoms with E-state index in [1.165, 1.54) is 17.5 Å². The van der Waals surface area contributed by atoms with Crippen LogP contribution in [0, 0.1) is 5.41 Å². The summed E-state index contributed by atoms with van der Waals surface area (Å²) in [4.78, 5) is 17.1. The molecule has 2 heterocycles. The number of likely N-dealkylation sites (tertiary alicyclic amines) is 2. The predicted octanol–water partition coefficient (Wildman–Crippen LogP) is 5.11. The van der Waals surface area contributed by atoms with E-state index >= 15 is 0 Å². The molecule has 0 N–H and O–H groups in total. The van der Waals surface area contributed by atoms with E-state index in [2.05, 4.69) is 65.6 Å². The molecule has 4 rings (SSSR count). The molecule has 4 nitrogen and oxygen atoms in total. The van der Waals surface area contributed by atoms with Gasteiger partial charge in [0.05, 0.1) is 6.04 Å². The maximum atomic E-state index is 12.6. The molecule has 2 fully saturated rings. The number of carbonyl (C=O) groups excluding carboxylic acids is 1. The van der Waals surface area contributed by atoms with Gasteiger partial charge in [-0.05, 0) is 44.7 Å². The monoisotopic (exact) mass is 392 g/mol. The fraction of sp³-hybridized carbons (Fsp3) is 0.480. The number of nitrogens with zero attached hydrogens (tertiary/aromatic N) is 2. The number of amides is 1. The summed E-state index contributed by atoms with van der Waals surface area (Å²) in [6.07, 6.45) is 2.06. The Kier molecular flexibility index (Phi) is 5.39. The summed E-state index contributed by atoms with van der Waals surface area (Å²) in [5.41, 5.74) is 2.40. The van der Waals surface area contributed by atoms with Gasteiger partial charge >= 0.3 is 6.09 Å². The van der Waals surface area contributed by atoms with Crippen molar-refractivity contribution in [1.82, 2.24) is 9.80 Å². The third-order valence-electron chi connectivity index (χ3n) is 5.99. The number of hydrogen-bond acceptors (Lipinski definition) is 3. The molecule has 0 saturated carbocycles. The molecule has 2 aromatic rings. The summed E-state index contributed by atoms with van der Waals surface area (Å²) in [5.74, 6) is 0. The molecule has 0 radical (unpaired) electrons. The molecule has 154 valence electrons. The van der Waals surface area contributed by atoms with Gasteiger partial charge in [0.15, 0.2) is 0 Å². The zero-order valence-corrected chi connectivity index (χ0v) is 17.8. The van der Waals surface area contributed by atoms with Crippen molar-refractivity contribution in [3.8, 4) is 0 Å². The van der Waals surface area contributed by atoms with Crippen molar-refractivity contribution in [3.05, 3.63) is 71.8 Å². The van der Waals surface area contributed by atoms with Crippen LogP contribution in [0.5, 0.6) is 0 Å². The lowest BCUT2D eigenvalue weighted by molar-refractivity contribution is -0.0722. The number of hydrogen-bond donors (Lipinski definition) is 0. The molecule has 0 aliphatic carbocycles. The van der Waals surface area contributed by atoms with Gasteiger partial charge in [0.25, 0.3) is 0 Å². The molecule has 2 aliphatic rings. The van der Waals surface area contributed by atoms with Crippen molar-refractivity contribution in [2.24, 2.45) is 5.41 Å². The first-order chi connectivity index (χ1) is 13.9. The molecule has 2 saturated heterocycles. The molecule has 0 atom stereocenters. The summed E-state index contributed by atoms with van der Waals surface area (Å²) in [6.45, 7) is 9.42. The minimum atomic E-state index is -0.445. The molecule has 1 spiro atoms. The van der Waals surface area contributed by atoms with Crippen molar-refractivity contribution in [3.63, 3.8) is 0 Å². The Balaban J connectivity index is 1.48. The van der Waals surface area contributed by atoms with Crippen LogP contribution in [0.1, 0.15) is 50.8 Å². The molecule has 0 aromatic heterocycles. The average Bonchev–Trinajstić information content (AvgIpc) is 2.68. The normalized spacial score (nSPS) is 19.2. The summed E-state index contributed by atoms with van der Waals surface area (Å²) in [5, 5.41) is 0. The minimum Gasteiger partial charge on any atom is -0.444 e. The third-order valence-corrected chi connectivity index (χ3v) is 5.99. The Morgan fingerprint density at radius 1 is 0.931 bits per heavy atom. The number of carbonyl (C=O) groups is 1. The first kappa shape index (κ1) is 20.0. The van der Waals surface area contributed by atoms with E-state index in [1.54, 1.807) is 0 Å². The fourth-order valence-corrected chi connectivity index (χ4v) is 4.83. The van der Waals surface area contributed by atoms with Gasteiger partial charge in [-0.3, -0.25) is 4.90 Å². The third kappa shape index (κ3) is 4.48. The zero-order valence-electron chi connectivity index (χ0n) is 17.8. The van der Waals surface area contributed by atoms with E-state index in [0.29, 0.717) is 0 Å². The van der Waals surface area contributed by atoms with Gasteiger partial charge in [0, 0.05) is 31.6 Å². The van der Waals surface area contributed by atoms with Crippen LogP contribution in [0.4, 0.5) is 4.79 Å². The lowest BCUT2D eigenvalue weighted by Gasteiger charge is -2.57. The van der Waals surface area contributed by atoms with E-state index in [0.717, 1.165) is 32.6 Å². The van der Waals surface area contributed by atoms with Crippen molar-refractivity contribution in [1.29, 1.82) is 0 Å². The Bertz CT molecular complexity index is 783. The zero-order chi connectivity index (χ0) is 20.5. The number of rotatable bonds is 3. The number of piperidine rings is 1. The standard InChI is InChI=1S/C25H32N2O2/c1-24(2,3)29-23(28)26-16-10-15-25(17-26)18-27(19-25)22(20-11-6-4-7-12-20)21-13-8-5-9-14-21/h4-9,11-14,22H,10,15-19H2,1-3H3. The highest BCUT2D eigenvalue weighted by Crippen LogP contribution is 2.45.